The van der Waals surface area contributed by atoms with Crippen LogP contribution in [0.25, 0.3) is 0 Å². The molecule has 0 aliphatic rings. The van der Waals surface area contributed by atoms with Crippen LogP contribution >= 0.6 is 23.4 Å². The Morgan fingerprint density at radius 1 is 1.46 bits per heavy atom. The maximum atomic E-state index is 10.5. The third-order valence-corrected chi connectivity index (χ3v) is 2.96. The number of benzene rings is 1. The summed E-state index contributed by atoms with van der Waals surface area (Å²) in [6.45, 7) is 0. The minimum Gasteiger partial charge on any atom is -0.370 e. The molecule has 0 spiro atoms. The van der Waals surface area contributed by atoms with Gasteiger partial charge in [-0.2, -0.15) is 0 Å². The van der Waals surface area contributed by atoms with E-state index in [1.807, 2.05) is 24.3 Å². The van der Waals surface area contributed by atoms with E-state index in [4.69, 9.17) is 17.3 Å². The van der Waals surface area contributed by atoms with Crippen molar-refractivity contribution in [2.45, 2.75) is 11.3 Å². The summed E-state index contributed by atoms with van der Waals surface area (Å²) in [6.07, 6.45) is 0.385. The molecule has 0 radical (unpaired) electrons. The summed E-state index contributed by atoms with van der Waals surface area (Å²) < 4.78 is 0. The van der Waals surface area contributed by atoms with Gasteiger partial charge < -0.3 is 5.73 Å². The number of carbonyl (C=O) groups is 1. The lowest BCUT2D eigenvalue weighted by Gasteiger charge is -2.01. The van der Waals surface area contributed by atoms with Crippen molar-refractivity contribution in [3.63, 3.8) is 0 Å². The van der Waals surface area contributed by atoms with E-state index in [0.717, 1.165) is 9.92 Å². The molecule has 0 saturated heterocycles. The SMILES string of the molecule is NC(=O)CCSc1ccccc1Cl. The molecule has 0 bridgehead atoms. The molecular weight excluding hydrogens is 206 g/mol. The van der Waals surface area contributed by atoms with Gasteiger partial charge in [-0.15, -0.1) is 11.8 Å². The van der Waals surface area contributed by atoms with E-state index in [9.17, 15) is 4.79 Å². The molecule has 70 valence electrons. The number of nitrogens with two attached hydrogens (primary N) is 1. The Labute approximate surface area is 86.5 Å². The predicted octanol–water partition coefficient (Wildman–Crippen LogP) is 2.31. The number of hydrogen-bond donors (Lipinski definition) is 1. The van der Waals surface area contributed by atoms with Gasteiger partial charge in [0.2, 0.25) is 5.91 Å². The van der Waals surface area contributed by atoms with Crippen molar-refractivity contribution in [1.82, 2.24) is 0 Å². The third-order valence-electron chi connectivity index (χ3n) is 1.44. The Kier molecular flexibility index (Phi) is 4.12. The van der Waals surface area contributed by atoms with Crippen LogP contribution in [0.1, 0.15) is 6.42 Å². The van der Waals surface area contributed by atoms with Gasteiger partial charge >= 0.3 is 0 Å². The first kappa shape index (κ1) is 10.4. The smallest absolute Gasteiger partial charge is 0.218 e. The molecule has 13 heavy (non-hydrogen) atoms. The first-order valence-corrected chi connectivity index (χ1v) is 5.22. The molecule has 0 aliphatic heterocycles. The number of halogens is 1. The summed E-state index contributed by atoms with van der Waals surface area (Å²) in [5, 5.41) is 0.719. The van der Waals surface area contributed by atoms with Crippen LogP contribution in [0.2, 0.25) is 5.02 Å². The predicted molar refractivity (Wildman–Crippen MR) is 56.0 cm³/mol. The average Bonchev–Trinajstić information content (AvgIpc) is 2.08. The highest BCUT2D eigenvalue weighted by Crippen LogP contribution is 2.26. The van der Waals surface area contributed by atoms with Gasteiger partial charge in [0.1, 0.15) is 0 Å². The summed E-state index contributed by atoms with van der Waals surface area (Å²) in [6, 6.07) is 7.54. The summed E-state index contributed by atoms with van der Waals surface area (Å²) in [5.74, 6) is 0.401. The van der Waals surface area contributed by atoms with Crippen LogP contribution in [-0.2, 0) is 4.79 Å². The Balaban J connectivity index is 2.45. The van der Waals surface area contributed by atoms with E-state index < -0.39 is 0 Å². The van der Waals surface area contributed by atoms with Crippen LogP contribution in [0.4, 0.5) is 0 Å². The van der Waals surface area contributed by atoms with Crippen molar-refractivity contribution in [3.8, 4) is 0 Å². The average molecular weight is 216 g/mol. The molecule has 0 aromatic heterocycles. The first-order chi connectivity index (χ1) is 6.20. The number of carbonyl (C=O) groups excluding carboxylic acids is 1. The van der Waals surface area contributed by atoms with Gasteiger partial charge in [-0.3, -0.25) is 4.79 Å². The fraction of sp³-hybridized carbons (Fsp3) is 0.222. The maximum Gasteiger partial charge on any atom is 0.218 e. The molecule has 1 aromatic rings. The van der Waals surface area contributed by atoms with Crippen molar-refractivity contribution in [1.29, 1.82) is 0 Å². The van der Waals surface area contributed by atoms with Crippen molar-refractivity contribution in [3.05, 3.63) is 29.3 Å². The van der Waals surface area contributed by atoms with Crippen molar-refractivity contribution >= 4 is 29.3 Å². The van der Waals surface area contributed by atoms with Crippen LogP contribution in [0.15, 0.2) is 29.2 Å². The highest BCUT2D eigenvalue weighted by atomic mass is 35.5. The molecule has 2 nitrogen and oxygen atoms in total. The zero-order valence-electron chi connectivity index (χ0n) is 7.00. The topological polar surface area (TPSA) is 43.1 Å². The highest BCUT2D eigenvalue weighted by Gasteiger charge is 2.00. The minimum absolute atomic E-state index is 0.278. The third kappa shape index (κ3) is 3.70. The molecule has 0 saturated carbocycles. The highest BCUT2D eigenvalue weighted by molar-refractivity contribution is 7.99. The van der Waals surface area contributed by atoms with E-state index in [0.29, 0.717) is 12.2 Å². The molecule has 1 rings (SSSR count). The van der Waals surface area contributed by atoms with Crippen molar-refractivity contribution in [2.75, 3.05) is 5.75 Å². The Morgan fingerprint density at radius 3 is 2.77 bits per heavy atom. The second-order valence-corrected chi connectivity index (χ2v) is 4.04. The summed E-state index contributed by atoms with van der Waals surface area (Å²) in [7, 11) is 0. The van der Waals surface area contributed by atoms with Crippen LogP contribution in [0, 0.1) is 0 Å². The Morgan fingerprint density at radius 2 is 2.15 bits per heavy atom. The summed E-state index contributed by atoms with van der Waals surface area (Å²) in [4.78, 5) is 11.4. The molecule has 0 aliphatic carbocycles. The van der Waals surface area contributed by atoms with E-state index in [1.54, 1.807) is 11.8 Å². The number of hydrogen-bond acceptors (Lipinski definition) is 2. The zero-order chi connectivity index (χ0) is 9.68. The van der Waals surface area contributed by atoms with Crippen LogP contribution in [0.5, 0.6) is 0 Å². The van der Waals surface area contributed by atoms with Crippen LogP contribution in [-0.4, -0.2) is 11.7 Å². The van der Waals surface area contributed by atoms with Crippen LogP contribution in [0.3, 0.4) is 0 Å². The minimum atomic E-state index is -0.278. The van der Waals surface area contributed by atoms with Gasteiger partial charge in [0.05, 0.1) is 5.02 Å². The van der Waals surface area contributed by atoms with E-state index >= 15 is 0 Å². The monoisotopic (exact) mass is 215 g/mol. The zero-order valence-corrected chi connectivity index (χ0v) is 8.57. The summed E-state index contributed by atoms with van der Waals surface area (Å²) >= 11 is 7.45. The summed E-state index contributed by atoms with van der Waals surface area (Å²) in [5.41, 5.74) is 5.01. The molecule has 1 amide bonds. The fourth-order valence-electron chi connectivity index (χ4n) is 0.823. The van der Waals surface area contributed by atoms with Crippen LogP contribution < -0.4 is 5.73 Å². The number of rotatable bonds is 4. The standard InChI is InChI=1S/C9H10ClNOS/c10-7-3-1-2-4-8(7)13-6-5-9(11)12/h1-4H,5-6H2,(H2,11,12). The largest absolute Gasteiger partial charge is 0.370 e. The van der Waals surface area contributed by atoms with E-state index in [1.165, 1.54) is 0 Å². The van der Waals surface area contributed by atoms with Gasteiger partial charge in [-0.1, -0.05) is 23.7 Å². The molecule has 0 heterocycles. The molecule has 0 fully saturated rings. The molecule has 2 N–H and O–H groups in total. The lowest BCUT2D eigenvalue weighted by Crippen LogP contribution is -2.10. The van der Waals surface area contributed by atoms with Gasteiger partial charge in [-0.05, 0) is 12.1 Å². The molecule has 4 heteroatoms. The molecular formula is C9H10ClNOS. The van der Waals surface area contributed by atoms with Gasteiger partial charge in [-0.25, -0.2) is 0 Å². The quantitative estimate of drug-likeness (QED) is 0.784. The van der Waals surface area contributed by atoms with E-state index in [-0.39, 0.29) is 5.91 Å². The molecule has 1 aromatic carbocycles. The Bertz CT molecular complexity index is 303. The van der Waals surface area contributed by atoms with Crippen molar-refractivity contribution in [2.24, 2.45) is 5.73 Å². The van der Waals surface area contributed by atoms with Gasteiger partial charge in [0.15, 0.2) is 0 Å². The second-order valence-electron chi connectivity index (χ2n) is 2.50. The molecule has 0 unspecified atom stereocenters. The lowest BCUT2D eigenvalue weighted by atomic mass is 10.4. The van der Waals surface area contributed by atoms with Gasteiger partial charge in [0, 0.05) is 17.1 Å². The van der Waals surface area contributed by atoms with Crippen molar-refractivity contribution < 1.29 is 4.79 Å². The second kappa shape index (κ2) is 5.14. The maximum absolute atomic E-state index is 10.5. The number of amides is 1. The van der Waals surface area contributed by atoms with E-state index in [2.05, 4.69) is 0 Å². The normalized spacial score (nSPS) is 9.92. The van der Waals surface area contributed by atoms with Gasteiger partial charge in [0.25, 0.3) is 0 Å². The number of thioether (sulfide) groups is 1. The number of primary amides is 1. The first-order valence-electron chi connectivity index (χ1n) is 3.86. The Hall–Kier alpha value is -0.670. The molecule has 0 atom stereocenters. The lowest BCUT2D eigenvalue weighted by molar-refractivity contribution is -0.117. The fourth-order valence-corrected chi connectivity index (χ4v) is 2.03.